The van der Waals surface area contributed by atoms with E-state index in [1.165, 1.54) is 22.6 Å². The lowest BCUT2D eigenvalue weighted by Gasteiger charge is -2.17. The zero-order chi connectivity index (χ0) is 20.5. The summed E-state index contributed by atoms with van der Waals surface area (Å²) < 4.78 is 0. The van der Waals surface area contributed by atoms with Crippen LogP contribution in [0.4, 0.5) is 5.69 Å². The third kappa shape index (κ3) is 8.17. The van der Waals surface area contributed by atoms with E-state index in [9.17, 15) is 0 Å². The maximum atomic E-state index is 3.39. The molecule has 4 rings (SSSR count). The van der Waals surface area contributed by atoms with Gasteiger partial charge in [-0.25, -0.2) is 0 Å². The average Bonchev–Trinajstić information content (AvgIpc) is 3.38. The third-order valence-electron chi connectivity index (χ3n) is 3.64. The minimum absolute atomic E-state index is 0.891. The van der Waals surface area contributed by atoms with E-state index in [-0.39, 0.29) is 0 Å². The summed E-state index contributed by atoms with van der Waals surface area (Å²) in [6.07, 6.45) is 5.56. The molecule has 1 N–H and O–H groups in total. The fourth-order valence-electron chi connectivity index (χ4n) is 2.54. The molecular weight excluding hydrogens is 328 g/mol. The van der Waals surface area contributed by atoms with Gasteiger partial charge in [-0.1, -0.05) is 108 Å². The summed E-state index contributed by atoms with van der Waals surface area (Å²) >= 11 is 0. The molecule has 148 valence electrons. The van der Waals surface area contributed by atoms with E-state index in [1.807, 2.05) is 65.8 Å². The van der Waals surface area contributed by atoms with Gasteiger partial charge in [-0.2, -0.15) is 0 Å². The van der Waals surface area contributed by atoms with Gasteiger partial charge in [0.05, 0.1) is 18.1 Å². The molecule has 2 aromatic carbocycles. The summed E-state index contributed by atoms with van der Waals surface area (Å²) in [6, 6.07) is 20.7. The molecule has 0 saturated carbocycles. The van der Waals surface area contributed by atoms with Crippen LogP contribution in [-0.4, -0.2) is 6.67 Å². The monoisotopic (exact) mass is 366 g/mol. The molecule has 0 aromatic heterocycles. The summed E-state index contributed by atoms with van der Waals surface area (Å²) in [4.78, 5) is 2.30. The van der Waals surface area contributed by atoms with Crippen molar-refractivity contribution in [2.45, 2.75) is 54.9 Å². The van der Waals surface area contributed by atoms with E-state index in [0.717, 1.165) is 13.1 Å². The molecule has 2 heteroatoms. The van der Waals surface area contributed by atoms with E-state index >= 15 is 0 Å². The Balaban J connectivity index is 0.000000442. The fourth-order valence-corrected chi connectivity index (χ4v) is 2.54. The highest BCUT2D eigenvalue weighted by molar-refractivity contribution is 5.60. The number of fused-ring (bicyclic) bond motifs is 1. The molecule has 2 aromatic rings. The van der Waals surface area contributed by atoms with Crippen LogP contribution in [0, 0.1) is 6.92 Å². The van der Waals surface area contributed by atoms with Crippen molar-refractivity contribution in [3.63, 3.8) is 0 Å². The average molecular weight is 367 g/mol. The van der Waals surface area contributed by atoms with Gasteiger partial charge in [-0.15, -0.1) is 0 Å². The van der Waals surface area contributed by atoms with Crippen LogP contribution in [0.15, 0.2) is 84.2 Å². The molecule has 27 heavy (non-hydrogen) atoms. The molecule has 0 amide bonds. The van der Waals surface area contributed by atoms with Crippen molar-refractivity contribution in [1.82, 2.24) is 5.32 Å². The van der Waals surface area contributed by atoms with Gasteiger partial charge in [0.25, 0.3) is 0 Å². The van der Waals surface area contributed by atoms with Crippen molar-refractivity contribution in [1.29, 1.82) is 0 Å². The lowest BCUT2D eigenvalue weighted by molar-refractivity contribution is 0.895. The van der Waals surface area contributed by atoms with Crippen molar-refractivity contribution in [3.05, 3.63) is 89.8 Å². The van der Waals surface area contributed by atoms with E-state index in [4.69, 9.17) is 0 Å². The molecule has 1 aliphatic heterocycles. The Kier molecular flexibility index (Phi) is 14.3. The predicted octanol–water partition coefficient (Wildman–Crippen LogP) is 7.30. The first-order chi connectivity index (χ1) is 13.3. The number of hydrogen-bond acceptors (Lipinski definition) is 2. The highest BCUT2D eigenvalue weighted by atomic mass is 15.3. The zero-order valence-corrected chi connectivity index (χ0v) is 18.3. The van der Waals surface area contributed by atoms with Crippen molar-refractivity contribution in [2.24, 2.45) is 0 Å². The van der Waals surface area contributed by atoms with Crippen molar-refractivity contribution >= 4 is 5.69 Å². The number of allylic oxidation sites excluding steroid dienone is 2. The normalized spacial score (nSPS) is 12.6. The number of anilines is 1. The number of rotatable bonds is 1. The second-order valence-corrected chi connectivity index (χ2v) is 5.20. The Morgan fingerprint density at radius 2 is 1.22 bits per heavy atom. The van der Waals surface area contributed by atoms with E-state index in [1.54, 1.807) is 0 Å². The summed E-state index contributed by atoms with van der Waals surface area (Å²) in [5, 5.41) is 3.39. The molecule has 2 nitrogen and oxygen atoms in total. The molecule has 0 atom stereocenters. The van der Waals surface area contributed by atoms with Crippen LogP contribution < -0.4 is 10.2 Å². The van der Waals surface area contributed by atoms with Crippen molar-refractivity contribution in [3.8, 4) is 0 Å². The second-order valence-electron chi connectivity index (χ2n) is 5.20. The molecule has 1 heterocycles. The minimum Gasteiger partial charge on any atom is -0.366 e. The molecule has 0 unspecified atom stereocenters. The molecule has 2 aliphatic rings. The standard InChI is InChI=1S/C12H12N2.C7H8.3C2H6/c1-2-5-10(6-3-1)14-9-13-11-7-4-8-12(11)14;1-7-5-3-2-4-6-7;3*1-2/h1-3,5-8,13H,4,9H2;2-6H,1H3;3*1-2H3. The van der Waals surface area contributed by atoms with Gasteiger partial charge in [-0.05, 0) is 25.5 Å². The summed E-state index contributed by atoms with van der Waals surface area (Å²) in [5.41, 5.74) is 5.20. The molecule has 0 spiro atoms. The SMILES string of the molecule is C1=C2NCN(c3ccccc3)C2=CC1.CC.CC.CC.Cc1ccccc1. The maximum absolute atomic E-state index is 3.39. The van der Waals surface area contributed by atoms with Gasteiger partial charge < -0.3 is 10.2 Å². The topological polar surface area (TPSA) is 15.3 Å². The predicted molar refractivity (Wildman–Crippen MR) is 123 cm³/mol. The number of nitrogens with zero attached hydrogens (tertiary/aromatic N) is 1. The largest absolute Gasteiger partial charge is 0.366 e. The minimum atomic E-state index is 0.891. The Morgan fingerprint density at radius 1 is 0.704 bits per heavy atom. The number of aryl methyl sites for hydroxylation is 1. The van der Waals surface area contributed by atoms with E-state index in [2.05, 4.69) is 65.7 Å². The molecular formula is C25H38N2. The van der Waals surface area contributed by atoms with Crippen LogP contribution in [0.3, 0.4) is 0 Å². The summed E-state index contributed by atoms with van der Waals surface area (Å²) in [7, 11) is 0. The van der Waals surface area contributed by atoms with Gasteiger partial charge in [0.1, 0.15) is 0 Å². The van der Waals surface area contributed by atoms with Crippen LogP contribution in [0.2, 0.25) is 0 Å². The lowest BCUT2D eigenvalue weighted by Crippen LogP contribution is -2.19. The molecule has 1 aliphatic carbocycles. The van der Waals surface area contributed by atoms with E-state index < -0.39 is 0 Å². The lowest BCUT2D eigenvalue weighted by atomic mass is 10.2. The number of hydrogen-bond donors (Lipinski definition) is 1. The fraction of sp³-hybridized carbons (Fsp3) is 0.360. The Bertz CT molecular complexity index is 643. The van der Waals surface area contributed by atoms with Gasteiger partial charge in [-0.3, -0.25) is 0 Å². The second kappa shape index (κ2) is 15.7. The summed E-state index contributed by atoms with van der Waals surface area (Å²) in [6.45, 7) is 15.0. The Hall–Kier alpha value is -2.48. The van der Waals surface area contributed by atoms with Crippen LogP contribution in [0.5, 0.6) is 0 Å². The van der Waals surface area contributed by atoms with Crippen LogP contribution in [0.1, 0.15) is 53.5 Å². The van der Waals surface area contributed by atoms with Gasteiger partial charge >= 0.3 is 0 Å². The number of benzene rings is 2. The smallest absolute Gasteiger partial charge is 0.0926 e. The Labute approximate surface area is 167 Å². The van der Waals surface area contributed by atoms with Crippen molar-refractivity contribution in [2.75, 3.05) is 11.6 Å². The number of para-hydroxylation sites is 1. The van der Waals surface area contributed by atoms with Crippen LogP contribution >= 0.6 is 0 Å². The van der Waals surface area contributed by atoms with E-state index in [0.29, 0.717) is 0 Å². The third-order valence-corrected chi connectivity index (χ3v) is 3.64. The highest BCUT2D eigenvalue weighted by Crippen LogP contribution is 2.30. The molecule has 0 radical (unpaired) electrons. The van der Waals surface area contributed by atoms with Gasteiger partial charge in [0.2, 0.25) is 0 Å². The zero-order valence-electron chi connectivity index (χ0n) is 18.3. The van der Waals surface area contributed by atoms with Crippen LogP contribution in [-0.2, 0) is 0 Å². The molecule has 0 bridgehead atoms. The molecule has 1 saturated heterocycles. The number of nitrogens with one attached hydrogen (secondary N) is 1. The molecule has 1 fully saturated rings. The Morgan fingerprint density at radius 3 is 1.70 bits per heavy atom. The maximum Gasteiger partial charge on any atom is 0.0926 e. The van der Waals surface area contributed by atoms with Crippen molar-refractivity contribution < 1.29 is 0 Å². The quantitative estimate of drug-likeness (QED) is 0.569. The van der Waals surface area contributed by atoms with Gasteiger partial charge in [0, 0.05) is 5.69 Å². The van der Waals surface area contributed by atoms with Crippen LogP contribution in [0.25, 0.3) is 0 Å². The first-order valence-electron chi connectivity index (χ1n) is 10.3. The van der Waals surface area contributed by atoms with Gasteiger partial charge in [0.15, 0.2) is 0 Å². The first-order valence-corrected chi connectivity index (χ1v) is 10.3. The first kappa shape index (κ1) is 24.5. The summed E-state index contributed by atoms with van der Waals surface area (Å²) in [5.74, 6) is 0. The highest BCUT2D eigenvalue weighted by Gasteiger charge is 2.24.